The summed E-state index contributed by atoms with van der Waals surface area (Å²) in [5, 5.41) is 3.37. The zero-order valence-electron chi connectivity index (χ0n) is 13.2. The molecule has 3 rings (SSSR count). The van der Waals surface area contributed by atoms with Crippen molar-refractivity contribution in [2.24, 2.45) is 0 Å². The molecule has 3 heterocycles. The van der Waals surface area contributed by atoms with Crippen LogP contribution in [0.3, 0.4) is 0 Å². The molecule has 22 heavy (non-hydrogen) atoms. The fourth-order valence-corrected chi connectivity index (χ4v) is 3.68. The van der Waals surface area contributed by atoms with Crippen LogP contribution in [0.5, 0.6) is 0 Å². The third-order valence-corrected chi connectivity index (χ3v) is 4.83. The summed E-state index contributed by atoms with van der Waals surface area (Å²) in [6.07, 6.45) is 5.66. The van der Waals surface area contributed by atoms with E-state index in [0.29, 0.717) is 25.0 Å². The molecule has 0 aliphatic carbocycles. The minimum atomic E-state index is 0. The number of halogens is 2. The van der Waals surface area contributed by atoms with E-state index in [4.69, 9.17) is 4.74 Å². The number of hydrogen-bond acceptors (Lipinski definition) is 4. The van der Waals surface area contributed by atoms with Crippen LogP contribution < -0.4 is 5.32 Å². The topological polar surface area (TPSA) is 44.8 Å². The van der Waals surface area contributed by atoms with Gasteiger partial charge in [-0.15, -0.1) is 24.8 Å². The summed E-state index contributed by atoms with van der Waals surface area (Å²) in [4.78, 5) is 17.1. The number of rotatable bonds is 3. The van der Waals surface area contributed by atoms with Crippen LogP contribution >= 0.6 is 24.8 Å². The van der Waals surface area contributed by atoms with Crippen molar-refractivity contribution in [1.82, 2.24) is 15.1 Å². The molecule has 3 saturated heterocycles. The Kier molecular flexibility index (Phi) is 9.02. The molecule has 1 amide bonds. The Labute approximate surface area is 145 Å². The number of morpholine rings is 1. The Morgan fingerprint density at radius 1 is 1.14 bits per heavy atom. The van der Waals surface area contributed by atoms with E-state index < -0.39 is 0 Å². The van der Waals surface area contributed by atoms with Crippen LogP contribution in [-0.4, -0.2) is 73.7 Å². The normalized spacial score (nSPS) is 29.5. The highest BCUT2D eigenvalue weighted by molar-refractivity contribution is 5.85. The molecule has 0 aromatic carbocycles. The first-order valence-corrected chi connectivity index (χ1v) is 8.16. The van der Waals surface area contributed by atoms with Crippen LogP contribution in [0, 0.1) is 0 Å². The second-order valence-corrected chi connectivity index (χ2v) is 6.31. The Morgan fingerprint density at radius 2 is 1.91 bits per heavy atom. The molecule has 0 spiro atoms. The SMILES string of the molecule is Cl.Cl.O=C(CC1COCCN1)N1CCCC(N2CCCC2)C1. The molecule has 0 bridgehead atoms. The van der Waals surface area contributed by atoms with Crippen molar-refractivity contribution >= 4 is 30.7 Å². The lowest BCUT2D eigenvalue weighted by atomic mass is 10.0. The molecule has 0 aromatic rings. The average Bonchev–Trinajstić information content (AvgIpc) is 3.03. The number of nitrogens with zero attached hydrogens (tertiary/aromatic N) is 2. The minimum Gasteiger partial charge on any atom is -0.378 e. The first-order chi connectivity index (χ1) is 9.83. The molecule has 0 radical (unpaired) electrons. The number of likely N-dealkylation sites (tertiary alicyclic amines) is 2. The van der Waals surface area contributed by atoms with Crippen LogP contribution in [0.4, 0.5) is 0 Å². The van der Waals surface area contributed by atoms with Gasteiger partial charge in [0, 0.05) is 38.1 Å². The predicted molar refractivity (Wildman–Crippen MR) is 92.1 cm³/mol. The van der Waals surface area contributed by atoms with E-state index in [0.717, 1.165) is 32.7 Å². The van der Waals surface area contributed by atoms with E-state index in [1.54, 1.807) is 0 Å². The van der Waals surface area contributed by atoms with Crippen molar-refractivity contribution in [3.8, 4) is 0 Å². The molecule has 0 aromatic heterocycles. The highest BCUT2D eigenvalue weighted by Crippen LogP contribution is 2.21. The van der Waals surface area contributed by atoms with Crippen LogP contribution in [0.2, 0.25) is 0 Å². The van der Waals surface area contributed by atoms with Crippen molar-refractivity contribution in [2.45, 2.75) is 44.2 Å². The van der Waals surface area contributed by atoms with Gasteiger partial charge in [-0.05, 0) is 38.8 Å². The number of carbonyl (C=O) groups excluding carboxylic acids is 1. The van der Waals surface area contributed by atoms with Gasteiger partial charge in [0.15, 0.2) is 0 Å². The van der Waals surface area contributed by atoms with Gasteiger partial charge in [0.1, 0.15) is 0 Å². The minimum absolute atomic E-state index is 0. The Morgan fingerprint density at radius 3 is 2.59 bits per heavy atom. The summed E-state index contributed by atoms with van der Waals surface area (Å²) in [6.45, 7) is 6.65. The molecule has 7 heteroatoms. The maximum absolute atomic E-state index is 12.4. The average molecular weight is 354 g/mol. The van der Waals surface area contributed by atoms with Gasteiger partial charge in [-0.2, -0.15) is 0 Å². The molecule has 3 aliphatic heterocycles. The lowest BCUT2D eigenvalue weighted by Gasteiger charge is -2.38. The number of piperidine rings is 1. The van der Waals surface area contributed by atoms with Crippen molar-refractivity contribution in [3.05, 3.63) is 0 Å². The fourth-order valence-electron chi connectivity index (χ4n) is 3.68. The molecule has 2 unspecified atom stereocenters. The lowest BCUT2D eigenvalue weighted by molar-refractivity contribution is -0.134. The summed E-state index contributed by atoms with van der Waals surface area (Å²) in [7, 11) is 0. The van der Waals surface area contributed by atoms with Gasteiger partial charge in [0.05, 0.1) is 13.2 Å². The first-order valence-electron chi connectivity index (χ1n) is 8.16. The van der Waals surface area contributed by atoms with Crippen molar-refractivity contribution < 1.29 is 9.53 Å². The highest BCUT2D eigenvalue weighted by atomic mass is 35.5. The summed E-state index contributed by atoms with van der Waals surface area (Å²) in [5.41, 5.74) is 0. The molecule has 2 atom stereocenters. The van der Waals surface area contributed by atoms with Crippen molar-refractivity contribution in [1.29, 1.82) is 0 Å². The summed E-state index contributed by atoms with van der Waals surface area (Å²) >= 11 is 0. The number of amides is 1. The Hall–Kier alpha value is -0.0700. The molecule has 5 nitrogen and oxygen atoms in total. The van der Waals surface area contributed by atoms with Crippen molar-refractivity contribution in [2.75, 3.05) is 45.9 Å². The quantitative estimate of drug-likeness (QED) is 0.830. The predicted octanol–water partition coefficient (Wildman–Crippen LogP) is 1.30. The zero-order valence-corrected chi connectivity index (χ0v) is 14.8. The van der Waals surface area contributed by atoms with Gasteiger partial charge >= 0.3 is 0 Å². The molecular formula is C15H29Cl2N3O2. The molecule has 0 saturated carbocycles. The third kappa shape index (κ3) is 5.24. The maximum Gasteiger partial charge on any atom is 0.224 e. The molecule has 1 N–H and O–H groups in total. The largest absolute Gasteiger partial charge is 0.378 e. The Balaban J connectivity index is 0.00000121. The van der Waals surface area contributed by atoms with Gasteiger partial charge in [0.25, 0.3) is 0 Å². The number of nitrogens with one attached hydrogen (secondary N) is 1. The molecule has 130 valence electrons. The summed E-state index contributed by atoms with van der Waals surface area (Å²) in [5.74, 6) is 0.303. The van der Waals surface area contributed by atoms with E-state index in [2.05, 4.69) is 15.1 Å². The number of carbonyl (C=O) groups is 1. The fraction of sp³-hybridized carbons (Fsp3) is 0.933. The van der Waals surface area contributed by atoms with Crippen LogP contribution in [-0.2, 0) is 9.53 Å². The van der Waals surface area contributed by atoms with Crippen LogP contribution in [0.25, 0.3) is 0 Å². The Bertz CT molecular complexity index is 335. The summed E-state index contributed by atoms with van der Waals surface area (Å²) < 4.78 is 5.43. The maximum atomic E-state index is 12.4. The van der Waals surface area contributed by atoms with Gasteiger partial charge in [0.2, 0.25) is 5.91 Å². The summed E-state index contributed by atoms with van der Waals surface area (Å²) in [6, 6.07) is 0.814. The van der Waals surface area contributed by atoms with Gasteiger partial charge in [-0.3, -0.25) is 9.69 Å². The number of ether oxygens (including phenoxy) is 1. The van der Waals surface area contributed by atoms with Gasteiger partial charge in [-0.25, -0.2) is 0 Å². The molecular weight excluding hydrogens is 325 g/mol. The highest BCUT2D eigenvalue weighted by Gasteiger charge is 2.30. The standard InChI is InChI=1S/C15H27N3O2.2ClH/c19-15(10-13-12-20-9-5-16-13)18-8-3-4-14(11-18)17-6-1-2-7-17;;/h13-14,16H,1-12H2;2*1H. The monoisotopic (exact) mass is 353 g/mol. The van der Waals surface area contributed by atoms with E-state index in [1.165, 1.54) is 32.4 Å². The zero-order chi connectivity index (χ0) is 13.8. The van der Waals surface area contributed by atoms with Crippen molar-refractivity contribution in [3.63, 3.8) is 0 Å². The number of hydrogen-bond donors (Lipinski definition) is 1. The van der Waals surface area contributed by atoms with E-state index in [9.17, 15) is 4.79 Å². The molecule has 3 aliphatic rings. The van der Waals surface area contributed by atoms with E-state index in [-0.39, 0.29) is 30.9 Å². The second kappa shape index (κ2) is 9.93. The van der Waals surface area contributed by atoms with E-state index in [1.807, 2.05) is 0 Å². The van der Waals surface area contributed by atoms with Crippen LogP contribution in [0.1, 0.15) is 32.1 Å². The first kappa shape index (κ1) is 20.0. The molecule has 3 fully saturated rings. The lowest BCUT2D eigenvalue weighted by Crippen LogP contribution is -2.51. The smallest absolute Gasteiger partial charge is 0.224 e. The van der Waals surface area contributed by atoms with E-state index >= 15 is 0 Å². The van der Waals surface area contributed by atoms with Gasteiger partial charge in [-0.1, -0.05) is 0 Å². The second-order valence-electron chi connectivity index (χ2n) is 6.31. The third-order valence-electron chi connectivity index (χ3n) is 4.83. The van der Waals surface area contributed by atoms with Gasteiger partial charge < -0.3 is 15.0 Å². The van der Waals surface area contributed by atoms with Crippen LogP contribution in [0.15, 0.2) is 0 Å².